The van der Waals surface area contributed by atoms with Crippen molar-refractivity contribution in [2.45, 2.75) is 23.8 Å². The Morgan fingerprint density at radius 3 is 2.31 bits per heavy atom. The van der Waals surface area contributed by atoms with Crippen LogP contribution in [0.5, 0.6) is 0 Å². The summed E-state index contributed by atoms with van der Waals surface area (Å²) in [5.41, 5.74) is 1.06. The molecular formula is C22H27N3O6S. The van der Waals surface area contributed by atoms with Crippen molar-refractivity contribution in [2.24, 2.45) is 5.92 Å². The van der Waals surface area contributed by atoms with Gasteiger partial charge < -0.3 is 14.7 Å². The zero-order valence-corrected chi connectivity index (χ0v) is 18.5. The Morgan fingerprint density at radius 2 is 1.69 bits per heavy atom. The number of benzene rings is 2. The standard InChI is InChI=1S/C22H27N3O6S/c26-22(17-4-2-1-3-5-17)18-8-10-23(11-9-18)20-7-6-19(16-21(20)25(27)28)32(29,30)24-12-14-31-15-13-24/h1-7,16,18,22,26H,8-15H2. The second kappa shape index (κ2) is 9.53. The van der Waals surface area contributed by atoms with E-state index in [-0.39, 0.29) is 29.6 Å². The van der Waals surface area contributed by atoms with Gasteiger partial charge in [0.1, 0.15) is 5.69 Å². The number of aliphatic hydroxyl groups is 1. The number of nitrogens with zero attached hydrogens (tertiary/aromatic N) is 3. The monoisotopic (exact) mass is 461 g/mol. The van der Waals surface area contributed by atoms with Crippen LogP contribution in [0, 0.1) is 16.0 Å². The molecule has 2 aliphatic heterocycles. The van der Waals surface area contributed by atoms with Crippen LogP contribution in [0.1, 0.15) is 24.5 Å². The first-order valence-electron chi connectivity index (χ1n) is 10.7. The molecule has 0 bridgehead atoms. The minimum atomic E-state index is -3.82. The zero-order chi connectivity index (χ0) is 22.7. The number of aliphatic hydroxyl groups excluding tert-OH is 1. The van der Waals surface area contributed by atoms with Gasteiger partial charge >= 0.3 is 0 Å². The molecule has 32 heavy (non-hydrogen) atoms. The van der Waals surface area contributed by atoms with Gasteiger partial charge in [0.25, 0.3) is 5.69 Å². The summed E-state index contributed by atoms with van der Waals surface area (Å²) in [6.07, 6.45) is 0.789. The quantitative estimate of drug-likeness (QED) is 0.520. The van der Waals surface area contributed by atoms with Gasteiger partial charge in [0, 0.05) is 32.2 Å². The van der Waals surface area contributed by atoms with Gasteiger partial charge in [-0.3, -0.25) is 10.1 Å². The Hall–Kier alpha value is -2.53. The maximum atomic E-state index is 12.9. The molecular weight excluding hydrogens is 434 g/mol. The lowest BCUT2D eigenvalue weighted by Gasteiger charge is -2.35. The molecule has 0 spiro atoms. The molecule has 0 saturated carbocycles. The highest BCUT2D eigenvalue weighted by Gasteiger charge is 2.32. The first kappa shape index (κ1) is 22.7. The fraction of sp³-hybridized carbons (Fsp3) is 0.455. The van der Waals surface area contributed by atoms with Crippen molar-refractivity contribution in [3.8, 4) is 0 Å². The first-order valence-corrected chi connectivity index (χ1v) is 12.2. The summed E-state index contributed by atoms with van der Waals surface area (Å²) in [4.78, 5) is 13.1. The number of rotatable bonds is 6. The van der Waals surface area contributed by atoms with Crippen LogP contribution in [0.2, 0.25) is 0 Å². The number of hydrogen-bond acceptors (Lipinski definition) is 7. The van der Waals surface area contributed by atoms with E-state index in [9.17, 15) is 23.6 Å². The SMILES string of the molecule is O=[N+]([O-])c1cc(S(=O)(=O)N2CCOCC2)ccc1N1CCC(C(O)c2ccccc2)CC1. The van der Waals surface area contributed by atoms with Gasteiger partial charge in [-0.2, -0.15) is 4.31 Å². The Kier molecular flexibility index (Phi) is 6.75. The van der Waals surface area contributed by atoms with E-state index in [0.717, 1.165) is 11.6 Å². The number of anilines is 1. The van der Waals surface area contributed by atoms with Crippen molar-refractivity contribution in [1.82, 2.24) is 4.31 Å². The molecule has 1 N–H and O–H groups in total. The van der Waals surface area contributed by atoms with Crippen molar-refractivity contribution in [3.05, 3.63) is 64.2 Å². The number of hydrogen-bond donors (Lipinski definition) is 1. The van der Waals surface area contributed by atoms with Gasteiger partial charge in [0.15, 0.2) is 0 Å². The van der Waals surface area contributed by atoms with Crippen LogP contribution in [-0.4, -0.2) is 62.1 Å². The van der Waals surface area contributed by atoms with Crippen molar-refractivity contribution in [3.63, 3.8) is 0 Å². The van der Waals surface area contributed by atoms with Crippen LogP contribution in [0.25, 0.3) is 0 Å². The summed E-state index contributed by atoms with van der Waals surface area (Å²) in [6.45, 7) is 2.17. The smallest absolute Gasteiger partial charge is 0.293 e. The highest BCUT2D eigenvalue weighted by Crippen LogP contribution is 2.37. The predicted octanol–water partition coefficient (Wildman–Crippen LogP) is 2.57. The first-order chi connectivity index (χ1) is 15.4. The summed E-state index contributed by atoms with van der Waals surface area (Å²) in [7, 11) is -3.82. The third-order valence-electron chi connectivity index (χ3n) is 6.22. The normalized spacial score (nSPS) is 19.6. The van der Waals surface area contributed by atoms with E-state index < -0.39 is 21.1 Å². The molecule has 2 fully saturated rings. The molecule has 2 saturated heterocycles. The van der Waals surface area contributed by atoms with Crippen LogP contribution in [0.15, 0.2) is 53.4 Å². The minimum Gasteiger partial charge on any atom is -0.388 e. The third-order valence-corrected chi connectivity index (χ3v) is 8.11. The molecule has 1 unspecified atom stereocenters. The molecule has 2 aromatic carbocycles. The Morgan fingerprint density at radius 1 is 1.03 bits per heavy atom. The van der Waals surface area contributed by atoms with E-state index in [4.69, 9.17) is 4.74 Å². The molecule has 0 aliphatic carbocycles. The topological polar surface area (TPSA) is 113 Å². The molecule has 0 aromatic heterocycles. The highest BCUT2D eigenvalue weighted by atomic mass is 32.2. The maximum Gasteiger partial charge on any atom is 0.293 e. The lowest BCUT2D eigenvalue weighted by Crippen LogP contribution is -2.40. The van der Waals surface area contributed by atoms with Crippen LogP contribution < -0.4 is 4.90 Å². The average Bonchev–Trinajstić information content (AvgIpc) is 2.84. The molecule has 2 aromatic rings. The summed E-state index contributed by atoms with van der Waals surface area (Å²) < 4.78 is 32.3. The van der Waals surface area contributed by atoms with Crippen molar-refractivity contribution < 1.29 is 23.2 Å². The van der Waals surface area contributed by atoms with Gasteiger partial charge in [0.05, 0.1) is 29.1 Å². The third kappa shape index (κ3) is 4.63. The number of morpholine rings is 1. The summed E-state index contributed by atoms with van der Waals surface area (Å²) >= 11 is 0. The fourth-order valence-electron chi connectivity index (χ4n) is 4.39. The predicted molar refractivity (Wildman–Crippen MR) is 119 cm³/mol. The highest BCUT2D eigenvalue weighted by molar-refractivity contribution is 7.89. The Bertz CT molecular complexity index is 1050. The Balaban J connectivity index is 1.51. The van der Waals surface area contributed by atoms with Crippen LogP contribution in [0.4, 0.5) is 11.4 Å². The second-order valence-electron chi connectivity index (χ2n) is 8.10. The summed E-state index contributed by atoms with van der Waals surface area (Å²) in [5, 5.41) is 22.5. The lowest BCUT2D eigenvalue weighted by molar-refractivity contribution is -0.384. The van der Waals surface area contributed by atoms with Gasteiger partial charge in [-0.25, -0.2) is 8.42 Å². The number of nitro benzene ring substituents is 1. The number of sulfonamides is 1. The molecule has 0 amide bonds. The van der Waals surface area contributed by atoms with E-state index in [1.165, 1.54) is 16.4 Å². The number of piperidine rings is 1. The van der Waals surface area contributed by atoms with Gasteiger partial charge in [-0.05, 0) is 36.5 Å². The molecule has 4 rings (SSSR count). The molecule has 2 heterocycles. The van der Waals surface area contributed by atoms with E-state index in [0.29, 0.717) is 44.8 Å². The van der Waals surface area contributed by atoms with E-state index in [2.05, 4.69) is 0 Å². The molecule has 9 nitrogen and oxygen atoms in total. The van der Waals surface area contributed by atoms with Crippen LogP contribution in [-0.2, 0) is 14.8 Å². The molecule has 172 valence electrons. The fourth-order valence-corrected chi connectivity index (χ4v) is 5.82. The molecule has 10 heteroatoms. The van der Waals surface area contributed by atoms with Gasteiger partial charge in [-0.15, -0.1) is 0 Å². The van der Waals surface area contributed by atoms with Crippen molar-refractivity contribution in [1.29, 1.82) is 0 Å². The molecule has 1 atom stereocenters. The largest absolute Gasteiger partial charge is 0.388 e. The Labute approximate surface area is 187 Å². The average molecular weight is 462 g/mol. The number of ether oxygens (including phenoxy) is 1. The van der Waals surface area contributed by atoms with Crippen molar-refractivity contribution in [2.75, 3.05) is 44.3 Å². The molecule has 0 radical (unpaired) electrons. The molecule has 2 aliphatic rings. The van der Waals surface area contributed by atoms with Crippen molar-refractivity contribution >= 4 is 21.4 Å². The van der Waals surface area contributed by atoms with E-state index in [1.807, 2.05) is 35.2 Å². The summed E-state index contributed by atoms with van der Waals surface area (Å²) in [5.74, 6) is 0.0636. The van der Waals surface area contributed by atoms with Gasteiger partial charge in [0.2, 0.25) is 10.0 Å². The van der Waals surface area contributed by atoms with Crippen LogP contribution in [0.3, 0.4) is 0 Å². The van der Waals surface area contributed by atoms with E-state index >= 15 is 0 Å². The number of nitro groups is 1. The minimum absolute atomic E-state index is 0.0636. The van der Waals surface area contributed by atoms with Crippen LogP contribution >= 0.6 is 0 Å². The summed E-state index contributed by atoms with van der Waals surface area (Å²) in [6, 6.07) is 13.6. The van der Waals surface area contributed by atoms with E-state index in [1.54, 1.807) is 0 Å². The lowest BCUT2D eigenvalue weighted by atomic mass is 9.87. The zero-order valence-electron chi connectivity index (χ0n) is 17.7. The van der Waals surface area contributed by atoms with Gasteiger partial charge in [-0.1, -0.05) is 30.3 Å². The maximum absolute atomic E-state index is 12.9. The second-order valence-corrected chi connectivity index (χ2v) is 10.0.